The lowest BCUT2D eigenvalue weighted by atomic mass is 10.1. The molecule has 182 valence electrons. The zero-order valence-corrected chi connectivity index (χ0v) is 17.1. The van der Waals surface area contributed by atoms with E-state index in [0.29, 0.717) is 12.1 Å². The number of hydrogen-bond acceptors (Lipinski definition) is 4. The number of Topliss-reactive ketones (excluding diaryl/α,β-unsaturated/α-hetero) is 1. The molecule has 0 saturated heterocycles. The summed E-state index contributed by atoms with van der Waals surface area (Å²) in [6, 6.07) is 6.67. The minimum Gasteiger partial charge on any atom is -0.349 e. The van der Waals surface area contributed by atoms with Gasteiger partial charge in [-0.05, 0) is 36.4 Å². The first-order valence-corrected chi connectivity index (χ1v) is 9.51. The van der Waals surface area contributed by atoms with Gasteiger partial charge >= 0.3 is 12.4 Å². The van der Waals surface area contributed by atoms with Crippen LogP contribution in [0.25, 0.3) is 0 Å². The van der Waals surface area contributed by atoms with Crippen molar-refractivity contribution >= 4 is 23.5 Å². The van der Waals surface area contributed by atoms with E-state index in [1.807, 2.05) is 10.9 Å². The molecule has 0 saturated carbocycles. The summed E-state index contributed by atoms with van der Waals surface area (Å²) in [5, 5.41) is 2.22. The van der Waals surface area contributed by atoms with E-state index >= 15 is 0 Å². The molecular formula is C21H17F6N3O4. The fourth-order valence-electron chi connectivity index (χ4n) is 2.51. The van der Waals surface area contributed by atoms with E-state index in [1.165, 1.54) is 0 Å². The summed E-state index contributed by atoms with van der Waals surface area (Å²) in [4.78, 5) is 47.3. The molecule has 3 N–H and O–H groups in total. The lowest BCUT2D eigenvalue weighted by molar-refractivity contribution is -0.138. The molecule has 0 bridgehead atoms. The predicted octanol–water partition coefficient (Wildman–Crippen LogP) is 3.26. The molecule has 0 aliphatic rings. The predicted molar refractivity (Wildman–Crippen MR) is 105 cm³/mol. The summed E-state index contributed by atoms with van der Waals surface area (Å²) in [5.41, 5.74) is 1.91. The Morgan fingerprint density at radius 3 is 1.53 bits per heavy atom. The molecule has 13 heteroatoms. The second-order valence-corrected chi connectivity index (χ2v) is 6.85. The average molecular weight is 489 g/mol. The molecule has 0 aliphatic heterocycles. The van der Waals surface area contributed by atoms with Crippen LogP contribution in [0.15, 0.2) is 48.5 Å². The molecule has 34 heavy (non-hydrogen) atoms. The van der Waals surface area contributed by atoms with E-state index < -0.39 is 59.9 Å². The lowest BCUT2D eigenvalue weighted by Crippen LogP contribution is -2.42. The van der Waals surface area contributed by atoms with E-state index in [4.69, 9.17) is 0 Å². The molecule has 0 unspecified atom stereocenters. The molecule has 0 heterocycles. The van der Waals surface area contributed by atoms with Crippen LogP contribution in [0, 0.1) is 0 Å². The number of rotatable bonds is 7. The van der Waals surface area contributed by atoms with E-state index in [0.717, 1.165) is 36.4 Å². The molecule has 3 amide bonds. The zero-order valence-electron chi connectivity index (χ0n) is 17.1. The highest BCUT2D eigenvalue weighted by Gasteiger charge is 2.31. The smallest absolute Gasteiger partial charge is 0.349 e. The zero-order chi connectivity index (χ0) is 25.5. The summed E-state index contributed by atoms with van der Waals surface area (Å²) in [6.07, 6.45) is -9.88. The Hall–Kier alpha value is -3.90. The van der Waals surface area contributed by atoms with Gasteiger partial charge in [0.2, 0.25) is 11.8 Å². The lowest BCUT2D eigenvalue weighted by Gasteiger charge is -2.10. The van der Waals surface area contributed by atoms with E-state index in [2.05, 4.69) is 5.32 Å². The van der Waals surface area contributed by atoms with Crippen LogP contribution in [-0.4, -0.2) is 30.0 Å². The highest BCUT2D eigenvalue weighted by Crippen LogP contribution is 2.29. The van der Waals surface area contributed by atoms with Crippen LogP contribution in [0.2, 0.25) is 0 Å². The minimum absolute atomic E-state index is 0.0444. The Morgan fingerprint density at radius 2 is 1.06 bits per heavy atom. The Bertz CT molecular complexity index is 963. The number of hydrazine groups is 1. The van der Waals surface area contributed by atoms with Crippen LogP contribution in [0.1, 0.15) is 44.7 Å². The number of halogens is 6. The molecule has 0 fully saturated rings. The van der Waals surface area contributed by atoms with Gasteiger partial charge in [-0.15, -0.1) is 0 Å². The molecular weight excluding hydrogens is 472 g/mol. The van der Waals surface area contributed by atoms with Crippen molar-refractivity contribution in [3.8, 4) is 0 Å². The third-order valence-corrected chi connectivity index (χ3v) is 4.35. The Kier molecular flexibility index (Phi) is 8.38. The number of amides is 3. The van der Waals surface area contributed by atoms with Crippen LogP contribution >= 0.6 is 0 Å². The normalized spacial score (nSPS) is 11.5. The number of hydrogen-bond donors (Lipinski definition) is 3. The fraction of sp³-hybridized carbons (Fsp3) is 0.238. The fourth-order valence-corrected chi connectivity index (χ4v) is 2.51. The maximum absolute atomic E-state index is 12.5. The molecule has 2 aromatic rings. The summed E-state index contributed by atoms with van der Waals surface area (Å²) in [5.74, 6) is -3.02. The third-order valence-electron chi connectivity index (χ3n) is 4.35. The van der Waals surface area contributed by atoms with Crippen molar-refractivity contribution in [3.63, 3.8) is 0 Å². The van der Waals surface area contributed by atoms with Gasteiger partial charge in [0.1, 0.15) is 0 Å². The van der Waals surface area contributed by atoms with Gasteiger partial charge < -0.3 is 5.32 Å². The summed E-state index contributed by atoms with van der Waals surface area (Å²) < 4.78 is 75.1. The second kappa shape index (κ2) is 10.8. The highest BCUT2D eigenvalue weighted by molar-refractivity contribution is 5.99. The van der Waals surface area contributed by atoms with E-state index in [1.54, 1.807) is 0 Å². The van der Waals surface area contributed by atoms with Crippen molar-refractivity contribution in [2.45, 2.75) is 25.2 Å². The van der Waals surface area contributed by atoms with Gasteiger partial charge in [0.05, 0.1) is 17.7 Å². The molecule has 0 spiro atoms. The van der Waals surface area contributed by atoms with Crippen LogP contribution < -0.4 is 16.2 Å². The largest absolute Gasteiger partial charge is 0.416 e. The van der Waals surface area contributed by atoms with Crippen LogP contribution in [0.4, 0.5) is 26.3 Å². The molecule has 0 aromatic heterocycles. The van der Waals surface area contributed by atoms with Gasteiger partial charge in [0.25, 0.3) is 5.91 Å². The monoisotopic (exact) mass is 489 g/mol. The first-order chi connectivity index (χ1) is 15.8. The standard InChI is InChI=1S/C21H17F6N3O4/c22-20(23,24)14-5-1-12(2-6-14)16(31)11-28-17(32)9-10-18(33)29-30-19(34)13-3-7-15(8-4-13)21(25,26)27/h1-8H,9-11H2,(H,28,32)(H,29,33)(H,30,34). The highest BCUT2D eigenvalue weighted by atomic mass is 19.4. The molecule has 0 radical (unpaired) electrons. The maximum atomic E-state index is 12.5. The number of carbonyl (C=O) groups is 4. The van der Waals surface area contributed by atoms with Crippen molar-refractivity contribution in [2.75, 3.05) is 6.54 Å². The number of alkyl halides is 6. The van der Waals surface area contributed by atoms with Crippen molar-refractivity contribution in [3.05, 3.63) is 70.8 Å². The van der Waals surface area contributed by atoms with Gasteiger partial charge in [0, 0.05) is 24.0 Å². The summed E-state index contributed by atoms with van der Waals surface area (Å²) >= 11 is 0. The molecule has 2 rings (SSSR count). The van der Waals surface area contributed by atoms with Crippen LogP contribution in [-0.2, 0) is 21.9 Å². The first kappa shape index (κ1) is 26.4. The number of nitrogens with one attached hydrogen (secondary N) is 3. The quantitative estimate of drug-likeness (QED) is 0.316. The molecule has 0 atom stereocenters. The number of benzene rings is 2. The van der Waals surface area contributed by atoms with Crippen molar-refractivity contribution in [1.29, 1.82) is 0 Å². The maximum Gasteiger partial charge on any atom is 0.416 e. The SMILES string of the molecule is O=C(CCC(=O)NNC(=O)c1ccc(C(F)(F)F)cc1)NCC(=O)c1ccc(C(F)(F)F)cc1. The van der Waals surface area contributed by atoms with Crippen LogP contribution in [0.5, 0.6) is 0 Å². The first-order valence-electron chi connectivity index (χ1n) is 9.51. The summed E-state index contributed by atoms with van der Waals surface area (Å²) in [7, 11) is 0. The number of ketones is 1. The van der Waals surface area contributed by atoms with Gasteiger partial charge in [0.15, 0.2) is 5.78 Å². The van der Waals surface area contributed by atoms with E-state index in [-0.39, 0.29) is 17.5 Å². The number of carbonyl (C=O) groups excluding carboxylic acids is 4. The third kappa shape index (κ3) is 7.90. The van der Waals surface area contributed by atoms with Gasteiger partial charge in [-0.3, -0.25) is 30.0 Å². The van der Waals surface area contributed by atoms with Gasteiger partial charge in [-0.1, -0.05) is 12.1 Å². The van der Waals surface area contributed by atoms with Crippen molar-refractivity contribution < 1.29 is 45.5 Å². The molecule has 0 aliphatic carbocycles. The molecule has 2 aromatic carbocycles. The van der Waals surface area contributed by atoms with Crippen LogP contribution in [0.3, 0.4) is 0 Å². The minimum atomic E-state index is -4.56. The second-order valence-electron chi connectivity index (χ2n) is 6.85. The topological polar surface area (TPSA) is 104 Å². The van der Waals surface area contributed by atoms with Crippen molar-refractivity contribution in [1.82, 2.24) is 16.2 Å². The van der Waals surface area contributed by atoms with Crippen molar-refractivity contribution in [2.24, 2.45) is 0 Å². The van der Waals surface area contributed by atoms with Gasteiger partial charge in [-0.25, -0.2) is 0 Å². The average Bonchev–Trinajstić information content (AvgIpc) is 2.78. The molecule has 7 nitrogen and oxygen atoms in total. The Labute approximate surface area is 188 Å². The van der Waals surface area contributed by atoms with Gasteiger partial charge in [-0.2, -0.15) is 26.3 Å². The van der Waals surface area contributed by atoms with E-state index in [9.17, 15) is 45.5 Å². The Balaban J connectivity index is 1.72. The summed E-state index contributed by atoms with van der Waals surface area (Å²) in [6.45, 7) is -0.503. The Morgan fingerprint density at radius 1 is 0.618 bits per heavy atom.